The van der Waals surface area contributed by atoms with Crippen molar-refractivity contribution in [1.82, 2.24) is 4.90 Å². The summed E-state index contributed by atoms with van der Waals surface area (Å²) in [5.74, 6) is 2.06. The molecule has 1 aromatic carbocycles. The topological polar surface area (TPSA) is 49.8 Å². The van der Waals surface area contributed by atoms with Gasteiger partial charge in [-0.3, -0.25) is 9.69 Å². The molecule has 1 aromatic rings. The molecule has 0 aliphatic carbocycles. The van der Waals surface area contributed by atoms with E-state index in [-0.39, 0.29) is 11.5 Å². The molecule has 4 heteroatoms. The van der Waals surface area contributed by atoms with Gasteiger partial charge in [-0.2, -0.15) is 0 Å². The van der Waals surface area contributed by atoms with Crippen LogP contribution in [0.15, 0.2) is 23.5 Å². The molecular weight excluding hydrogens is 302 g/mol. The van der Waals surface area contributed by atoms with E-state index in [1.165, 1.54) is 0 Å². The minimum Gasteiger partial charge on any atom is -0.507 e. The Morgan fingerprint density at radius 2 is 1.71 bits per heavy atom. The van der Waals surface area contributed by atoms with E-state index in [1.54, 1.807) is 12.1 Å². The van der Waals surface area contributed by atoms with Crippen LogP contribution in [0.4, 0.5) is 0 Å². The normalized spacial score (nSPS) is 13.9. The Bertz CT molecular complexity index is 645. The maximum absolute atomic E-state index is 12.5. The van der Waals surface area contributed by atoms with Gasteiger partial charge in [0.05, 0.1) is 11.1 Å². The molecule has 132 valence electrons. The number of phenolic OH excluding ortho intramolecular Hbond substituents is 1. The van der Waals surface area contributed by atoms with Crippen LogP contribution in [0.3, 0.4) is 0 Å². The third kappa shape index (κ3) is 3.99. The Morgan fingerprint density at radius 1 is 1.12 bits per heavy atom. The quantitative estimate of drug-likeness (QED) is 0.786. The van der Waals surface area contributed by atoms with E-state index in [2.05, 4.69) is 32.6 Å². The number of hydrogen-bond acceptors (Lipinski definition) is 4. The summed E-state index contributed by atoms with van der Waals surface area (Å²) in [7, 11) is 0. The van der Waals surface area contributed by atoms with Crippen LogP contribution in [-0.4, -0.2) is 28.9 Å². The van der Waals surface area contributed by atoms with Crippen molar-refractivity contribution in [2.75, 3.05) is 13.1 Å². The predicted octanol–water partition coefficient (Wildman–Crippen LogP) is 4.38. The first kappa shape index (κ1) is 18.5. The molecule has 0 saturated carbocycles. The lowest BCUT2D eigenvalue weighted by Gasteiger charge is -2.27. The SMILES string of the molecule is CC(C)=C1Oc2c(ccc(O)c2CN(CC(C)C)CC(C)C)C1=O. The van der Waals surface area contributed by atoms with Crippen molar-refractivity contribution >= 4 is 5.78 Å². The Morgan fingerprint density at radius 3 is 2.21 bits per heavy atom. The Kier molecular flexibility index (Phi) is 5.70. The standard InChI is InChI=1S/C20H29NO3/c1-12(2)9-21(10-13(3)4)11-16-17(22)8-7-15-18(23)19(14(5)6)24-20(15)16/h7-8,12-13,22H,9-11H2,1-6H3. The molecule has 0 atom stereocenters. The minimum absolute atomic E-state index is 0.0921. The van der Waals surface area contributed by atoms with E-state index < -0.39 is 0 Å². The average Bonchev–Trinajstić information content (AvgIpc) is 2.78. The number of fused-ring (bicyclic) bond motifs is 1. The van der Waals surface area contributed by atoms with Crippen LogP contribution in [0.5, 0.6) is 11.5 Å². The van der Waals surface area contributed by atoms with Crippen molar-refractivity contribution in [3.8, 4) is 11.5 Å². The summed E-state index contributed by atoms with van der Waals surface area (Å²) in [4.78, 5) is 14.8. The average molecular weight is 331 g/mol. The van der Waals surface area contributed by atoms with Crippen LogP contribution < -0.4 is 4.74 Å². The summed E-state index contributed by atoms with van der Waals surface area (Å²) in [6.45, 7) is 14.9. The van der Waals surface area contributed by atoms with Crippen molar-refractivity contribution in [2.24, 2.45) is 11.8 Å². The second-order valence-electron chi connectivity index (χ2n) is 7.68. The summed E-state index contributed by atoms with van der Waals surface area (Å²) in [6, 6.07) is 3.26. The summed E-state index contributed by atoms with van der Waals surface area (Å²) in [5.41, 5.74) is 2.11. The van der Waals surface area contributed by atoms with Crippen LogP contribution in [0.25, 0.3) is 0 Å². The lowest BCUT2D eigenvalue weighted by Crippen LogP contribution is -2.31. The lowest BCUT2D eigenvalue weighted by atomic mass is 10.0. The molecule has 0 bridgehead atoms. The highest BCUT2D eigenvalue weighted by atomic mass is 16.5. The number of nitrogens with zero attached hydrogens (tertiary/aromatic N) is 1. The van der Waals surface area contributed by atoms with E-state index >= 15 is 0 Å². The first-order valence-corrected chi connectivity index (χ1v) is 8.67. The van der Waals surface area contributed by atoms with Crippen molar-refractivity contribution < 1.29 is 14.6 Å². The van der Waals surface area contributed by atoms with Gasteiger partial charge < -0.3 is 9.84 Å². The van der Waals surface area contributed by atoms with Gasteiger partial charge >= 0.3 is 0 Å². The highest BCUT2D eigenvalue weighted by molar-refractivity contribution is 6.13. The minimum atomic E-state index is -0.0921. The number of benzene rings is 1. The monoisotopic (exact) mass is 331 g/mol. The largest absolute Gasteiger partial charge is 0.507 e. The van der Waals surface area contributed by atoms with E-state index in [0.29, 0.717) is 41.0 Å². The van der Waals surface area contributed by atoms with Crippen molar-refractivity contribution in [1.29, 1.82) is 0 Å². The van der Waals surface area contributed by atoms with Gasteiger partial charge in [-0.05, 0) is 43.4 Å². The number of allylic oxidation sites excluding steroid dienone is 2. The molecule has 1 aliphatic heterocycles. The van der Waals surface area contributed by atoms with Crippen molar-refractivity contribution in [3.63, 3.8) is 0 Å². The summed E-state index contributed by atoms with van der Waals surface area (Å²) < 4.78 is 5.85. The van der Waals surface area contributed by atoms with Crippen LogP contribution >= 0.6 is 0 Å². The third-order valence-corrected chi connectivity index (χ3v) is 3.97. The van der Waals surface area contributed by atoms with E-state index in [4.69, 9.17) is 4.74 Å². The molecule has 0 amide bonds. The molecule has 0 saturated heterocycles. The molecule has 4 nitrogen and oxygen atoms in total. The van der Waals surface area contributed by atoms with Crippen LogP contribution in [-0.2, 0) is 6.54 Å². The number of ketones is 1. The van der Waals surface area contributed by atoms with Gasteiger partial charge in [0.25, 0.3) is 0 Å². The molecule has 2 rings (SSSR count). The Balaban J connectivity index is 2.38. The van der Waals surface area contributed by atoms with Gasteiger partial charge in [0, 0.05) is 19.6 Å². The van der Waals surface area contributed by atoms with E-state index in [1.807, 2.05) is 13.8 Å². The van der Waals surface area contributed by atoms with Crippen molar-refractivity contribution in [2.45, 2.75) is 48.1 Å². The summed E-state index contributed by atoms with van der Waals surface area (Å²) >= 11 is 0. The molecule has 0 fully saturated rings. The zero-order valence-electron chi connectivity index (χ0n) is 15.6. The van der Waals surface area contributed by atoms with Gasteiger partial charge in [-0.15, -0.1) is 0 Å². The summed E-state index contributed by atoms with van der Waals surface area (Å²) in [5, 5.41) is 10.4. The van der Waals surface area contributed by atoms with Crippen molar-refractivity contribution in [3.05, 3.63) is 34.6 Å². The van der Waals surface area contributed by atoms with E-state index in [9.17, 15) is 9.90 Å². The zero-order valence-corrected chi connectivity index (χ0v) is 15.6. The van der Waals surface area contributed by atoms with Gasteiger partial charge in [-0.1, -0.05) is 27.7 Å². The number of phenols is 1. The Hall–Kier alpha value is -1.81. The summed E-state index contributed by atoms with van der Waals surface area (Å²) in [6.07, 6.45) is 0. The smallest absolute Gasteiger partial charge is 0.231 e. The Labute approximate surface area is 145 Å². The van der Waals surface area contributed by atoms with Gasteiger partial charge in [-0.25, -0.2) is 0 Å². The molecule has 1 heterocycles. The maximum Gasteiger partial charge on any atom is 0.231 e. The maximum atomic E-state index is 12.5. The van der Waals surface area contributed by atoms with Gasteiger partial charge in [0.2, 0.25) is 5.78 Å². The van der Waals surface area contributed by atoms with Gasteiger partial charge in [0.1, 0.15) is 11.5 Å². The fourth-order valence-electron chi connectivity index (χ4n) is 3.13. The second kappa shape index (κ2) is 7.39. The van der Waals surface area contributed by atoms with E-state index in [0.717, 1.165) is 18.7 Å². The molecule has 0 spiro atoms. The highest BCUT2D eigenvalue weighted by Gasteiger charge is 2.32. The number of carbonyl (C=O) groups excluding carboxylic acids is 1. The van der Waals surface area contributed by atoms with Gasteiger partial charge in [0.15, 0.2) is 5.76 Å². The lowest BCUT2D eigenvalue weighted by molar-refractivity contribution is 0.101. The number of rotatable bonds is 6. The molecular formula is C20H29NO3. The first-order chi connectivity index (χ1) is 11.2. The fraction of sp³-hybridized carbons (Fsp3) is 0.550. The van der Waals surface area contributed by atoms with Crippen LogP contribution in [0.1, 0.15) is 57.5 Å². The number of aromatic hydroxyl groups is 1. The molecule has 24 heavy (non-hydrogen) atoms. The second-order valence-corrected chi connectivity index (χ2v) is 7.68. The van der Waals surface area contributed by atoms with Crippen LogP contribution in [0, 0.1) is 11.8 Å². The molecule has 0 aromatic heterocycles. The number of carbonyl (C=O) groups is 1. The molecule has 1 aliphatic rings. The molecule has 0 radical (unpaired) electrons. The third-order valence-electron chi connectivity index (χ3n) is 3.97. The molecule has 0 unspecified atom stereocenters. The predicted molar refractivity (Wildman–Crippen MR) is 96.4 cm³/mol. The number of Topliss-reactive ketones (excluding diaryl/α,β-unsaturated/α-hetero) is 1. The fourth-order valence-corrected chi connectivity index (χ4v) is 3.13. The van der Waals surface area contributed by atoms with Crippen LogP contribution in [0.2, 0.25) is 0 Å². The zero-order chi connectivity index (χ0) is 18.0. The molecule has 1 N–H and O–H groups in total. The number of ether oxygens (including phenoxy) is 1. The first-order valence-electron chi connectivity index (χ1n) is 8.67. The number of hydrogen-bond donors (Lipinski definition) is 1. The highest BCUT2D eigenvalue weighted by Crippen LogP contribution is 2.40.